The molecular formula is C15H25NO2. The third-order valence-corrected chi connectivity index (χ3v) is 3.23. The number of aromatic hydroxyl groups is 1. The average Bonchev–Trinajstić information content (AvgIpc) is 2.30. The van der Waals surface area contributed by atoms with E-state index in [-0.39, 0.29) is 5.75 Å². The van der Waals surface area contributed by atoms with Crippen molar-refractivity contribution >= 4 is 0 Å². The third kappa shape index (κ3) is 3.91. The second kappa shape index (κ2) is 6.64. The predicted octanol–water partition coefficient (Wildman–Crippen LogP) is 3.06. The Labute approximate surface area is 110 Å². The number of hydrogen-bond acceptors (Lipinski definition) is 3. The molecule has 0 amide bonds. The lowest BCUT2D eigenvalue weighted by atomic mass is 10.1. The molecule has 0 atom stereocenters. The van der Waals surface area contributed by atoms with E-state index < -0.39 is 0 Å². The summed E-state index contributed by atoms with van der Waals surface area (Å²) >= 11 is 0. The molecule has 1 aromatic rings. The van der Waals surface area contributed by atoms with Crippen LogP contribution in [0.1, 0.15) is 33.3 Å². The SMILES string of the molecule is COc1cc(CCN(C(C)C)C(C)C)ccc1O. The van der Waals surface area contributed by atoms with Crippen molar-refractivity contribution < 1.29 is 9.84 Å². The minimum absolute atomic E-state index is 0.200. The molecule has 0 unspecified atom stereocenters. The van der Waals surface area contributed by atoms with Gasteiger partial charge in [0, 0.05) is 18.6 Å². The molecule has 0 radical (unpaired) electrons. The molecule has 0 aliphatic carbocycles. The van der Waals surface area contributed by atoms with Crippen LogP contribution in [0.5, 0.6) is 11.5 Å². The number of ether oxygens (including phenoxy) is 1. The molecule has 1 N–H and O–H groups in total. The van der Waals surface area contributed by atoms with Gasteiger partial charge in [-0.2, -0.15) is 0 Å². The lowest BCUT2D eigenvalue weighted by Crippen LogP contribution is -2.38. The van der Waals surface area contributed by atoms with Crippen LogP contribution in [0.4, 0.5) is 0 Å². The molecule has 0 fully saturated rings. The fourth-order valence-corrected chi connectivity index (χ4v) is 2.25. The molecule has 0 aliphatic heterocycles. The van der Waals surface area contributed by atoms with Crippen LogP contribution in [0.15, 0.2) is 18.2 Å². The van der Waals surface area contributed by atoms with Crippen molar-refractivity contribution in [3.05, 3.63) is 23.8 Å². The van der Waals surface area contributed by atoms with Crippen molar-refractivity contribution in [3.8, 4) is 11.5 Å². The zero-order chi connectivity index (χ0) is 13.7. The topological polar surface area (TPSA) is 32.7 Å². The zero-order valence-electron chi connectivity index (χ0n) is 12.1. The van der Waals surface area contributed by atoms with Gasteiger partial charge in [-0.1, -0.05) is 6.07 Å². The van der Waals surface area contributed by atoms with Crippen molar-refractivity contribution in [1.29, 1.82) is 0 Å². The summed E-state index contributed by atoms with van der Waals surface area (Å²) in [6.45, 7) is 9.90. The van der Waals surface area contributed by atoms with E-state index in [0.717, 1.165) is 13.0 Å². The van der Waals surface area contributed by atoms with E-state index in [1.807, 2.05) is 12.1 Å². The standard InChI is InChI=1S/C15H25NO2/c1-11(2)16(12(3)4)9-8-13-6-7-14(17)15(10-13)18-5/h6-7,10-12,17H,8-9H2,1-5H3. The molecule has 1 aromatic carbocycles. The predicted molar refractivity (Wildman–Crippen MR) is 75.3 cm³/mol. The van der Waals surface area contributed by atoms with Crippen molar-refractivity contribution in [1.82, 2.24) is 4.90 Å². The van der Waals surface area contributed by atoms with Crippen molar-refractivity contribution in [2.24, 2.45) is 0 Å². The largest absolute Gasteiger partial charge is 0.504 e. The van der Waals surface area contributed by atoms with E-state index in [0.29, 0.717) is 17.8 Å². The van der Waals surface area contributed by atoms with Crippen LogP contribution in [-0.2, 0) is 6.42 Å². The Bertz CT molecular complexity index is 367. The smallest absolute Gasteiger partial charge is 0.160 e. The fourth-order valence-electron chi connectivity index (χ4n) is 2.25. The van der Waals surface area contributed by atoms with Crippen LogP contribution < -0.4 is 4.74 Å². The first-order chi connectivity index (χ1) is 8.45. The highest BCUT2D eigenvalue weighted by molar-refractivity contribution is 5.41. The quantitative estimate of drug-likeness (QED) is 0.843. The van der Waals surface area contributed by atoms with Crippen LogP contribution in [0, 0.1) is 0 Å². The summed E-state index contributed by atoms with van der Waals surface area (Å²) in [5.41, 5.74) is 1.19. The monoisotopic (exact) mass is 251 g/mol. The summed E-state index contributed by atoms with van der Waals surface area (Å²) in [7, 11) is 1.58. The number of rotatable bonds is 6. The van der Waals surface area contributed by atoms with Gasteiger partial charge in [0.1, 0.15) is 0 Å². The maximum atomic E-state index is 9.55. The van der Waals surface area contributed by atoms with E-state index in [1.54, 1.807) is 13.2 Å². The van der Waals surface area contributed by atoms with Gasteiger partial charge in [-0.3, -0.25) is 4.90 Å². The molecule has 0 bridgehead atoms. The van der Waals surface area contributed by atoms with E-state index >= 15 is 0 Å². The second-order valence-corrected chi connectivity index (χ2v) is 5.18. The first-order valence-electron chi connectivity index (χ1n) is 6.57. The van der Waals surface area contributed by atoms with E-state index in [1.165, 1.54) is 5.56 Å². The van der Waals surface area contributed by atoms with E-state index in [2.05, 4.69) is 32.6 Å². The second-order valence-electron chi connectivity index (χ2n) is 5.18. The molecule has 0 spiro atoms. The summed E-state index contributed by atoms with van der Waals surface area (Å²) in [4.78, 5) is 2.46. The minimum Gasteiger partial charge on any atom is -0.504 e. The Kier molecular flexibility index (Phi) is 5.48. The van der Waals surface area contributed by atoms with Crippen LogP contribution >= 0.6 is 0 Å². The molecule has 1 rings (SSSR count). The van der Waals surface area contributed by atoms with Gasteiger partial charge in [-0.05, 0) is 51.8 Å². The number of phenols is 1. The molecule has 3 nitrogen and oxygen atoms in total. The maximum absolute atomic E-state index is 9.55. The highest BCUT2D eigenvalue weighted by Gasteiger charge is 2.13. The molecule has 0 aromatic heterocycles. The van der Waals surface area contributed by atoms with Gasteiger partial charge in [0.15, 0.2) is 11.5 Å². The van der Waals surface area contributed by atoms with Crippen molar-refractivity contribution in [2.75, 3.05) is 13.7 Å². The lowest BCUT2D eigenvalue weighted by Gasteiger charge is -2.30. The van der Waals surface area contributed by atoms with E-state index in [9.17, 15) is 5.11 Å². The van der Waals surface area contributed by atoms with Crippen LogP contribution in [0.25, 0.3) is 0 Å². The Morgan fingerprint density at radius 3 is 2.28 bits per heavy atom. The maximum Gasteiger partial charge on any atom is 0.160 e. The van der Waals surface area contributed by atoms with Crippen molar-refractivity contribution in [2.45, 2.75) is 46.2 Å². The number of benzene rings is 1. The highest BCUT2D eigenvalue weighted by Crippen LogP contribution is 2.26. The third-order valence-electron chi connectivity index (χ3n) is 3.23. The summed E-state index contributed by atoms with van der Waals surface area (Å²) in [5, 5.41) is 9.55. The molecule has 0 saturated carbocycles. The molecule has 18 heavy (non-hydrogen) atoms. The Morgan fingerprint density at radius 1 is 1.17 bits per heavy atom. The number of hydrogen-bond donors (Lipinski definition) is 1. The van der Waals surface area contributed by atoms with Gasteiger partial charge in [-0.15, -0.1) is 0 Å². The van der Waals surface area contributed by atoms with Crippen molar-refractivity contribution in [3.63, 3.8) is 0 Å². The molecule has 3 heteroatoms. The Morgan fingerprint density at radius 2 is 1.78 bits per heavy atom. The average molecular weight is 251 g/mol. The summed E-state index contributed by atoms with van der Waals surface area (Å²) < 4.78 is 5.12. The van der Waals surface area contributed by atoms with E-state index in [4.69, 9.17) is 4.74 Å². The van der Waals surface area contributed by atoms with Crippen LogP contribution in [0.2, 0.25) is 0 Å². The Hall–Kier alpha value is -1.22. The molecule has 102 valence electrons. The molecule has 0 heterocycles. The fraction of sp³-hybridized carbons (Fsp3) is 0.600. The number of phenolic OH excluding ortho intramolecular Hbond substituents is 1. The molecule has 0 aliphatic rings. The Balaban J connectivity index is 2.67. The summed E-state index contributed by atoms with van der Waals surface area (Å²) in [5.74, 6) is 0.749. The molecule has 0 saturated heterocycles. The number of nitrogens with zero attached hydrogens (tertiary/aromatic N) is 1. The highest BCUT2D eigenvalue weighted by atomic mass is 16.5. The molecular weight excluding hydrogens is 226 g/mol. The van der Waals surface area contributed by atoms with Crippen LogP contribution in [-0.4, -0.2) is 35.7 Å². The number of methoxy groups -OCH3 is 1. The van der Waals surface area contributed by atoms with Gasteiger partial charge in [-0.25, -0.2) is 0 Å². The van der Waals surface area contributed by atoms with Crippen LogP contribution in [0.3, 0.4) is 0 Å². The van der Waals surface area contributed by atoms with Gasteiger partial charge in [0.2, 0.25) is 0 Å². The first kappa shape index (κ1) is 14.8. The summed E-state index contributed by atoms with van der Waals surface area (Å²) in [6, 6.07) is 6.65. The zero-order valence-corrected chi connectivity index (χ0v) is 12.1. The van der Waals surface area contributed by atoms with Gasteiger partial charge >= 0.3 is 0 Å². The van der Waals surface area contributed by atoms with Gasteiger partial charge in [0.05, 0.1) is 7.11 Å². The summed E-state index contributed by atoms with van der Waals surface area (Å²) in [6.07, 6.45) is 0.965. The first-order valence-corrected chi connectivity index (χ1v) is 6.57. The normalized spacial score (nSPS) is 11.6. The van der Waals surface area contributed by atoms with Gasteiger partial charge < -0.3 is 9.84 Å². The van der Waals surface area contributed by atoms with Gasteiger partial charge in [0.25, 0.3) is 0 Å². The lowest BCUT2D eigenvalue weighted by molar-refractivity contribution is 0.177. The minimum atomic E-state index is 0.200.